The summed E-state index contributed by atoms with van der Waals surface area (Å²) in [4.78, 5) is 11.5. The minimum atomic E-state index is -3.92. The van der Waals surface area contributed by atoms with E-state index in [2.05, 4.69) is 9.46 Å². The number of esters is 1. The molecule has 8 heteroatoms. The van der Waals surface area contributed by atoms with E-state index >= 15 is 0 Å². The third kappa shape index (κ3) is 4.55. The van der Waals surface area contributed by atoms with Crippen molar-refractivity contribution in [3.63, 3.8) is 0 Å². The van der Waals surface area contributed by atoms with Crippen molar-refractivity contribution < 1.29 is 17.9 Å². The van der Waals surface area contributed by atoms with Gasteiger partial charge in [-0.3, -0.25) is 0 Å². The first kappa shape index (κ1) is 17.9. The zero-order valence-corrected chi connectivity index (χ0v) is 14.0. The lowest BCUT2D eigenvalue weighted by Gasteiger charge is -2.10. The number of sulfonamides is 1. The predicted octanol–water partition coefficient (Wildman–Crippen LogP) is 2.50. The minimum absolute atomic E-state index is 0.00487. The van der Waals surface area contributed by atoms with E-state index < -0.39 is 22.6 Å². The molecule has 0 aromatic heterocycles. The lowest BCUT2D eigenvalue weighted by molar-refractivity contribution is 0.0554. The van der Waals surface area contributed by atoms with Crippen molar-refractivity contribution in [3.8, 4) is 6.07 Å². The fraction of sp³-hybridized carbons (Fsp3) is 0.125. The zero-order chi connectivity index (χ0) is 17.6. The van der Waals surface area contributed by atoms with Gasteiger partial charge in [-0.05, 0) is 23.8 Å². The van der Waals surface area contributed by atoms with Gasteiger partial charge in [0.1, 0.15) is 11.0 Å². The van der Waals surface area contributed by atoms with Crippen LogP contribution in [0.25, 0.3) is 0 Å². The topological polar surface area (TPSA) is 96.3 Å². The molecule has 0 amide bonds. The molecule has 24 heavy (non-hydrogen) atoms. The molecular weight excluding hydrogens is 352 g/mol. The maximum absolute atomic E-state index is 12.4. The fourth-order valence-corrected chi connectivity index (χ4v) is 3.41. The molecule has 2 rings (SSSR count). The lowest BCUT2D eigenvalue weighted by Crippen LogP contribution is -2.24. The Balaban J connectivity index is 2.22. The molecule has 0 saturated heterocycles. The quantitative estimate of drug-likeness (QED) is 0.794. The van der Waals surface area contributed by atoms with E-state index in [9.17, 15) is 13.2 Å². The zero-order valence-electron chi connectivity index (χ0n) is 12.4. The van der Waals surface area contributed by atoms with Crippen LogP contribution in [0.4, 0.5) is 0 Å². The molecule has 2 aromatic rings. The molecule has 0 heterocycles. The lowest BCUT2D eigenvalue weighted by atomic mass is 10.2. The molecule has 0 fully saturated rings. The van der Waals surface area contributed by atoms with E-state index in [1.54, 1.807) is 30.3 Å². The second-order valence-corrected chi connectivity index (χ2v) is 6.83. The highest BCUT2D eigenvalue weighted by Gasteiger charge is 2.20. The van der Waals surface area contributed by atoms with E-state index in [4.69, 9.17) is 16.9 Å². The Morgan fingerprint density at radius 1 is 1.21 bits per heavy atom. The largest absolute Gasteiger partial charge is 0.447 e. The van der Waals surface area contributed by atoms with Gasteiger partial charge < -0.3 is 4.74 Å². The number of hydrogen-bond acceptors (Lipinski definition) is 5. The molecule has 0 spiro atoms. The third-order valence-electron chi connectivity index (χ3n) is 3.03. The van der Waals surface area contributed by atoms with Crippen LogP contribution in [0.1, 0.15) is 15.9 Å². The average molecular weight is 365 g/mol. The number of ether oxygens (including phenoxy) is 1. The summed E-state index contributed by atoms with van der Waals surface area (Å²) in [5.74, 6) is -0.798. The van der Waals surface area contributed by atoms with Crippen molar-refractivity contribution in [3.05, 3.63) is 64.7 Å². The van der Waals surface area contributed by atoms with E-state index in [1.165, 1.54) is 12.1 Å². The van der Waals surface area contributed by atoms with Gasteiger partial charge in [-0.1, -0.05) is 41.9 Å². The first-order chi connectivity index (χ1) is 11.4. The fourth-order valence-electron chi connectivity index (χ4n) is 1.87. The van der Waals surface area contributed by atoms with Gasteiger partial charge in [-0.2, -0.15) is 5.26 Å². The van der Waals surface area contributed by atoms with E-state index in [-0.39, 0.29) is 22.0 Å². The summed E-state index contributed by atoms with van der Waals surface area (Å²) in [6.45, 7) is -0.335. The normalized spacial score (nSPS) is 10.8. The van der Waals surface area contributed by atoms with Gasteiger partial charge in [0.05, 0.1) is 10.6 Å². The maximum atomic E-state index is 12.4. The van der Waals surface area contributed by atoms with Crippen LogP contribution in [0.2, 0.25) is 5.02 Å². The summed E-state index contributed by atoms with van der Waals surface area (Å²) < 4.78 is 31.9. The van der Waals surface area contributed by atoms with Gasteiger partial charge >= 0.3 is 5.97 Å². The molecule has 0 aliphatic rings. The number of hydrogen-bond donors (Lipinski definition) is 1. The number of nitriles is 1. The van der Waals surface area contributed by atoms with Crippen LogP contribution >= 0.6 is 11.6 Å². The van der Waals surface area contributed by atoms with Crippen LogP contribution in [0.15, 0.2) is 53.4 Å². The second kappa shape index (κ2) is 7.93. The molecule has 6 nitrogen and oxygen atoms in total. The predicted molar refractivity (Wildman–Crippen MR) is 87.8 cm³/mol. The van der Waals surface area contributed by atoms with Crippen molar-refractivity contribution in [2.24, 2.45) is 0 Å². The molecule has 0 aliphatic carbocycles. The Morgan fingerprint density at radius 3 is 2.58 bits per heavy atom. The van der Waals surface area contributed by atoms with Gasteiger partial charge in [0, 0.05) is 6.54 Å². The van der Waals surface area contributed by atoms with Crippen LogP contribution < -0.4 is 4.72 Å². The van der Waals surface area contributed by atoms with Gasteiger partial charge in [-0.25, -0.2) is 17.9 Å². The number of nitrogens with one attached hydrogen (secondary N) is 1. The molecule has 0 radical (unpaired) electrons. The van der Waals surface area contributed by atoms with Crippen LogP contribution in [0.5, 0.6) is 0 Å². The van der Waals surface area contributed by atoms with Crippen LogP contribution in [0.3, 0.4) is 0 Å². The Labute approximate surface area is 144 Å². The summed E-state index contributed by atoms with van der Waals surface area (Å²) >= 11 is 5.95. The van der Waals surface area contributed by atoms with E-state index in [1.807, 2.05) is 6.07 Å². The van der Waals surface area contributed by atoms with Crippen molar-refractivity contribution >= 4 is 27.6 Å². The highest BCUT2D eigenvalue weighted by atomic mass is 35.5. The summed E-state index contributed by atoms with van der Waals surface area (Å²) in [5, 5.41) is 8.39. The molecule has 0 unspecified atom stereocenters. The highest BCUT2D eigenvalue weighted by Crippen LogP contribution is 2.23. The van der Waals surface area contributed by atoms with Crippen molar-refractivity contribution in [2.75, 3.05) is 6.61 Å². The Bertz CT molecular complexity index is 877. The van der Waals surface area contributed by atoms with E-state index in [0.29, 0.717) is 0 Å². The summed E-state index contributed by atoms with van der Waals surface area (Å²) in [5.41, 5.74) is 0.775. The van der Waals surface area contributed by atoms with Crippen LogP contribution in [-0.4, -0.2) is 21.0 Å². The summed E-state index contributed by atoms with van der Waals surface area (Å²) in [7, 11) is -3.92. The molecule has 0 atom stereocenters. The smallest absolute Gasteiger partial charge is 0.339 e. The number of carbonyl (C=O) groups excluding carboxylic acids is 1. The molecule has 1 N–H and O–H groups in total. The van der Waals surface area contributed by atoms with Gasteiger partial charge in [0.15, 0.2) is 6.61 Å². The van der Waals surface area contributed by atoms with Gasteiger partial charge in [0.25, 0.3) is 0 Å². The van der Waals surface area contributed by atoms with Crippen LogP contribution in [0, 0.1) is 11.3 Å². The van der Waals surface area contributed by atoms with Crippen molar-refractivity contribution in [2.45, 2.75) is 11.4 Å². The summed E-state index contributed by atoms with van der Waals surface area (Å²) in [6, 6.07) is 14.4. The molecule has 0 saturated carbocycles. The average Bonchev–Trinajstić information content (AvgIpc) is 2.59. The third-order valence-corrected chi connectivity index (χ3v) is 4.92. The molecule has 124 valence electrons. The highest BCUT2D eigenvalue weighted by molar-refractivity contribution is 7.89. The maximum Gasteiger partial charge on any atom is 0.339 e. The van der Waals surface area contributed by atoms with E-state index in [0.717, 1.165) is 11.6 Å². The SMILES string of the molecule is N#CCOC(=O)c1ccc(Cl)c(S(=O)(=O)NCc2ccccc2)c1. The molecule has 2 aromatic carbocycles. The number of carbonyl (C=O) groups is 1. The molecular formula is C16H13ClN2O4S. The minimum Gasteiger partial charge on any atom is -0.447 e. The first-order valence-electron chi connectivity index (χ1n) is 6.81. The molecule has 0 bridgehead atoms. The van der Waals surface area contributed by atoms with Crippen molar-refractivity contribution in [1.29, 1.82) is 5.26 Å². The van der Waals surface area contributed by atoms with Crippen molar-refractivity contribution in [1.82, 2.24) is 4.72 Å². The van der Waals surface area contributed by atoms with Crippen LogP contribution in [-0.2, 0) is 21.3 Å². The molecule has 0 aliphatic heterocycles. The Kier molecular flexibility index (Phi) is 5.93. The Morgan fingerprint density at radius 2 is 1.92 bits per heavy atom. The monoisotopic (exact) mass is 364 g/mol. The standard InChI is InChI=1S/C16H13ClN2O4S/c17-14-7-6-13(16(20)23-9-8-18)10-15(14)24(21,22)19-11-12-4-2-1-3-5-12/h1-7,10,19H,9,11H2. The first-order valence-corrected chi connectivity index (χ1v) is 8.67. The number of benzene rings is 2. The van der Waals surface area contributed by atoms with Gasteiger partial charge in [-0.15, -0.1) is 0 Å². The Hall–Kier alpha value is -2.40. The van der Waals surface area contributed by atoms with Gasteiger partial charge in [0.2, 0.25) is 10.0 Å². The number of halogens is 1. The number of nitrogens with zero attached hydrogens (tertiary/aromatic N) is 1. The summed E-state index contributed by atoms with van der Waals surface area (Å²) in [6.07, 6.45) is 0. The number of rotatable bonds is 6. The second-order valence-electron chi connectivity index (χ2n) is 4.69.